The van der Waals surface area contributed by atoms with E-state index in [1.807, 2.05) is 20.8 Å². The van der Waals surface area contributed by atoms with Crippen molar-refractivity contribution in [2.24, 2.45) is 11.8 Å². The molecule has 0 aromatic carbocycles. The van der Waals surface area contributed by atoms with Gasteiger partial charge in [-0.05, 0) is 12.3 Å². The maximum atomic E-state index is 9.73. The summed E-state index contributed by atoms with van der Waals surface area (Å²) in [4.78, 5) is 0. The Morgan fingerprint density at radius 2 is 1.50 bits per heavy atom. The molecule has 0 aliphatic heterocycles. The summed E-state index contributed by atoms with van der Waals surface area (Å²) in [6.45, 7) is 7.91. The van der Waals surface area contributed by atoms with Gasteiger partial charge in [-0.2, -0.15) is 0 Å². The highest BCUT2D eigenvalue weighted by Crippen LogP contribution is 2.20. The molecule has 0 heterocycles. The summed E-state index contributed by atoms with van der Waals surface area (Å²) in [5, 5.41) is 19.2. The molecule has 4 unspecified atom stereocenters. The third kappa shape index (κ3) is 3.11. The lowest BCUT2D eigenvalue weighted by atomic mass is 9.87. The van der Waals surface area contributed by atoms with Gasteiger partial charge in [-0.1, -0.05) is 34.1 Å². The fourth-order valence-electron chi connectivity index (χ4n) is 1.36. The van der Waals surface area contributed by atoms with E-state index in [9.17, 15) is 10.2 Å². The van der Waals surface area contributed by atoms with Gasteiger partial charge in [-0.3, -0.25) is 0 Å². The summed E-state index contributed by atoms with van der Waals surface area (Å²) in [7, 11) is 0. The molecule has 2 nitrogen and oxygen atoms in total. The molecule has 0 saturated heterocycles. The molecule has 0 fully saturated rings. The lowest BCUT2D eigenvalue weighted by Gasteiger charge is -2.27. The number of aliphatic hydroxyl groups excluding tert-OH is 2. The van der Waals surface area contributed by atoms with Crippen LogP contribution in [0, 0.1) is 11.8 Å². The van der Waals surface area contributed by atoms with Gasteiger partial charge < -0.3 is 10.2 Å². The second-order valence-corrected chi connectivity index (χ2v) is 3.71. The molecule has 0 aromatic rings. The maximum Gasteiger partial charge on any atom is 0.0615 e. The molecule has 2 heteroatoms. The van der Waals surface area contributed by atoms with Gasteiger partial charge in [-0.15, -0.1) is 0 Å². The highest BCUT2D eigenvalue weighted by molar-refractivity contribution is 4.74. The van der Waals surface area contributed by atoms with Crippen molar-refractivity contribution in [3.8, 4) is 0 Å². The van der Waals surface area contributed by atoms with Gasteiger partial charge in [0.2, 0.25) is 0 Å². The van der Waals surface area contributed by atoms with Crippen LogP contribution in [0.4, 0.5) is 0 Å². The van der Waals surface area contributed by atoms with Crippen LogP contribution in [0.25, 0.3) is 0 Å². The predicted octanol–water partition coefficient (Wildman–Crippen LogP) is 1.80. The van der Waals surface area contributed by atoms with Crippen molar-refractivity contribution < 1.29 is 10.2 Å². The fourth-order valence-corrected chi connectivity index (χ4v) is 1.36. The third-order valence-electron chi connectivity index (χ3n) is 2.79. The van der Waals surface area contributed by atoms with Gasteiger partial charge >= 0.3 is 0 Å². The Kier molecular flexibility index (Phi) is 5.51. The first-order valence-electron chi connectivity index (χ1n) is 4.90. The molecular formula is C10H22O2. The van der Waals surface area contributed by atoms with E-state index in [1.54, 1.807) is 0 Å². The molecule has 0 radical (unpaired) electrons. The van der Waals surface area contributed by atoms with Crippen LogP contribution in [0.2, 0.25) is 0 Å². The standard InChI is InChI=1S/C10H22O2/c1-5-7(3)10(12)8(4)9(11)6-2/h7-12H,5-6H2,1-4H3. The molecule has 2 N–H and O–H groups in total. The number of rotatable bonds is 5. The largest absolute Gasteiger partial charge is 0.393 e. The van der Waals surface area contributed by atoms with Gasteiger partial charge in [0.05, 0.1) is 12.2 Å². The van der Waals surface area contributed by atoms with Crippen molar-refractivity contribution in [2.75, 3.05) is 0 Å². The Bertz CT molecular complexity index is 100. The van der Waals surface area contributed by atoms with Crippen LogP contribution < -0.4 is 0 Å². The van der Waals surface area contributed by atoms with E-state index in [2.05, 4.69) is 6.92 Å². The number of hydrogen-bond acceptors (Lipinski definition) is 2. The zero-order chi connectivity index (χ0) is 9.72. The molecule has 0 spiro atoms. The Labute approximate surface area is 75.6 Å². The molecule has 0 aliphatic rings. The monoisotopic (exact) mass is 174 g/mol. The van der Waals surface area contributed by atoms with Gasteiger partial charge in [0.15, 0.2) is 0 Å². The van der Waals surface area contributed by atoms with Crippen molar-refractivity contribution in [3.05, 3.63) is 0 Å². The minimum Gasteiger partial charge on any atom is -0.393 e. The second-order valence-electron chi connectivity index (χ2n) is 3.71. The Morgan fingerprint density at radius 3 is 1.83 bits per heavy atom. The van der Waals surface area contributed by atoms with E-state index >= 15 is 0 Å². The molecule has 0 saturated carbocycles. The Hall–Kier alpha value is -0.0800. The molecule has 4 atom stereocenters. The average Bonchev–Trinajstić information content (AvgIpc) is 2.12. The van der Waals surface area contributed by atoms with Gasteiger partial charge in [0, 0.05) is 5.92 Å². The number of aliphatic hydroxyl groups is 2. The molecule has 0 amide bonds. The van der Waals surface area contributed by atoms with E-state index in [0.29, 0.717) is 6.42 Å². The zero-order valence-corrected chi connectivity index (χ0v) is 8.62. The van der Waals surface area contributed by atoms with Gasteiger partial charge in [0.25, 0.3) is 0 Å². The van der Waals surface area contributed by atoms with Crippen molar-refractivity contribution >= 4 is 0 Å². The normalized spacial score (nSPS) is 21.5. The van der Waals surface area contributed by atoms with E-state index < -0.39 is 0 Å². The Balaban J connectivity index is 3.99. The molecule has 0 aliphatic carbocycles. The summed E-state index contributed by atoms with van der Waals surface area (Å²) in [6, 6.07) is 0. The van der Waals surface area contributed by atoms with E-state index in [1.165, 1.54) is 0 Å². The fraction of sp³-hybridized carbons (Fsp3) is 1.00. The molecule has 0 rings (SSSR count). The smallest absolute Gasteiger partial charge is 0.0615 e. The first-order chi connectivity index (χ1) is 5.54. The molecule has 12 heavy (non-hydrogen) atoms. The maximum absolute atomic E-state index is 9.73. The first kappa shape index (κ1) is 11.9. The summed E-state index contributed by atoms with van der Waals surface area (Å²) in [6.07, 6.45) is 0.940. The second kappa shape index (κ2) is 5.55. The van der Waals surface area contributed by atoms with Gasteiger partial charge in [-0.25, -0.2) is 0 Å². The molecule has 0 aromatic heterocycles. The van der Waals surface area contributed by atoms with Crippen LogP contribution in [0.3, 0.4) is 0 Å². The van der Waals surface area contributed by atoms with Crippen molar-refractivity contribution in [2.45, 2.75) is 52.7 Å². The molecule has 74 valence electrons. The third-order valence-corrected chi connectivity index (χ3v) is 2.79. The van der Waals surface area contributed by atoms with E-state index in [-0.39, 0.29) is 24.0 Å². The van der Waals surface area contributed by atoms with Crippen molar-refractivity contribution in [3.63, 3.8) is 0 Å². The van der Waals surface area contributed by atoms with Crippen LogP contribution in [-0.2, 0) is 0 Å². The predicted molar refractivity (Wildman–Crippen MR) is 50.9 cm³/mol. The lowest BCUT2D eigenvalue weighted by molar-refractivity contribution is -0.00809. The number of hydrogen-bond donors (Lipinski definition) is 2. The highest BCUT2D eigenvalue weighted by Gasteiger charge is 2.24. The molecule has 0 bridgehead atoms. The lowest BCUT2D eigenvalue weighted by Crippen LogP contribution is -2.33. The van der Waals surface area contributed by atoms with Gasteiger partial charge in [0.1, 0.15) is 0 Å². The van der Waals surface area contributed by atoms with Crippen LogP contribution in [0.5, 0.6) is 0 Å². The van der Waals surface area contributed by atoms with Crippen LogP contribution in [0.1, 0.15) is 40.5 Å². The minimum absolute atomic E-state index is 0.00931. The highest BCUT2D eigenvalue weighted by atomic mass is 16.3. The van der Waals surface area contributed by atoms with Crippen LogP contribution in [0.15, 0.2) is 0 Å². The quantitative estimate of drug-likeness (QED) is 0.667. The average molecular weight is 174 g/mol. The first-order valence-corrected chi connectivity index (χ1v) is 4.90. The summed E-state index contributed by atoms with van der Waals surface area (Å²) in [5.74, 6) is 0.270. The molecular weight excluding hydrogens is 152 g/mol. The van der Waals surface area contributed by atoms with E-state index in [0.717, 1.165) is 6.42 Å². The summed E-state index contributed by atoms with van der Waals surface area (Å²) in [5.41, 5.74) is 0. The zero-order valence-electron chi connectivity index (χ0n) is 8.62. The summed E-state index contributed by atoms with van der Waals surface area (Å²) >= 11 is 0. The minimum atomic E-state index is -0.370. The Morgan fingerprint density at radius 1 is 1.00 bits per heavy atom. The van der Waals surface area contributed by atoms with Crippen molar-refractivity contribution in [1.82, 2.24) is 0 Å². The van der Waals surface area contributed by atoms with Crippen LogP contribution >= 0.6 is 0 Å². The van der Waals surface area contributed by atoms with E-state index in [4.69, 9.17) is 0 Å². The topological polar surface area (TPSA) is 40.5 Å². The van der Waals surface area contributed by atoms with Crippen LogP contribution in [-0.4, -0.2) is 22.4 Å². The summed E-state index contributed by atoms with van der Waals surface area (Å²) < 4.78 is 0. The van der Waals surface area contributed by atoms with Crippen molar-refractivity contribution in [1.29, 1.82) is 0 Å². The SMILES string of the molecule is CCC(C)C(O)C(C)C(O)CC.